The molecule has 2 heterocycles. The van der Waals surface area contributed by atoms with Crippen molar-refractivity contribution in [3.8, 4) is 22.9 Å². The molecule has 9 heteroatoms. The highest BCUT2D eigenvalue weighted by Crippen LogP contribution is 2.29. The van der Waals surface area contributed by atoms with E-state index in [0.717, 1.165) is 11.1 Å². The Morgan fingerprint density at radius 2 is 2.20 bits per heavy atom. The van der Waals surface area contributed by atoms with Crippen LogP contribution in [0, 0.1) is 11.3 Å². The molecule has 1 aromatic heterocycles. The second kappa shape index (κ2) is 9.80. The zero-order valence-electron chi connectivity index (χ0n) is 16.1. The molecule has 3 rings (SSSR count). The molecule has 1 aliphatic heterocycles. The average Bonchev–Trinajstić information content (AvgIpc) is 2.76. The van der Waals surface area contributed by atoms with Gasteiger partial charge in [-0.1, -0.05) is 6.07 Å². The van der Waals surface area contributed by atoms with Gasteiger partial charge in [-0.05, 0) is 35.4 Å². The van der Waals surface area contributed by atoms with Crippen molar-refractivity contribution < 1.29 is 23.8 Å². The molecule has 2 N–H and O–H groups in total. The molecule has 0 saturated carbocycles. The van der Waals surface area contributed by atoms with Gasteiger partial charge in [-0.15, -0.1) is 0 Å². The number of aromatic nitrogens is 1. The molecule has 30 heavy (non-hydrogen) atoms. The zero-order valence-corrected chi connectivity index (χ0v) is 16.1. The van der Waals surface area contributed by atoms with E-state index < -0.39 is 12.3 Å². The lowest BCUT2D eigenvalue weighted by molar-refractivity contribution is -0.135. The number of benzene rings is 1. The lowest BCUT2D eigenvalue weighted by atomic mass is 10.0. The van der Waals surface area contributed by atoms with Gasteiger partial charge in [-0.3, -0.25) is 9.59 Å². The molecule has 8 nitrogen and oxygen atoms in total. The molecular weight excluding hydrogens is 391 g/mol. The van der Waals surface area contributed by atoms with E-state index in [2.05, 4.69) is 16.4 Å². The first-order chi connectivity index (χ1) is 14.5. The van der Waals surface area contributed by atoms with Crippen LogP contribution in [0.3, 0.4) is 0 Å². The Morgan fingerprint density at radius 3 is 2.90 bits per heavy atom. The van der Waals surface area contributed by atoms with E-state index in [-0.39, 0.29) is 43.2 Å². The van der Waals surface area contributed by atoms with Gasteiger partial charge in [0.2, 0.25) is 12.3 Å². The number of carbonyl (C=O) groups is 2. The predicted molar refractivity (Wildman–Crippen MR) is 106 cm³/mol. The van der Waals surface area contributed by atoms with Crippen molar-refractivity contribution in [3.63, 3.8) is 0 Å². The van der Waals surface area contributed by atoms with E-state index in [1.165, 1.54) is 11.1 Å². The van der Waals surface area contributed by atoms with Crippen LogP contribution >= 0.6 is 0 Å². The number of hydrogen-bond donors (Lipinski definition) is 2. The van der Waals surface area contributed by atoms with Crippen LogP contribution in [0.1, 0.15) is 18.4 Å². The first-order valence-electron chi connectivity index (χ1n) is 9.46. The first-order valence-corrected chi connectivity index (χ1v) is 9.46. The number of carbonyl (C=O) groups excluding carboxylic acids is 2. The molecule has 1 aromatic carbocycles. The minimum Gasteiger partial charge on any atom is -0.486 e. The van der Waals surface area contributed by atoms with Gasteiger partial charge in [0.05, 0.1) is 18.7 Å². The number of nitrogens with zero attached hydrogens (tertiary/aromatic N) is 3. The number of piperidine rings is 1. The van der Waals surface area contributed by atoms with Crippen molar-refractivity contribution in [2.75, 3.05) is 25.0 Å². The van der Waals surface area contributed by atoms with Gasteiger partial charge in [0, 0.05) is 25.6 Å². The fourth-order valence-corrected chi connectivity index (χ4v) is 3.31. The predicted octanol–water partition coefficient (Wildman–Crippen LogP) is 1.89. The Hall–Kier alpha value is -3.51. The maximum atomic E-state index is 14.6. The summed E-state index contributed by atoms with van der Waals surface area (Å²) < 4.78 is 20.3. The van der Waals surface area contributed by atoms with Gasteiger partial charge in [0.25, 0.3) is 0 Å². The minimum atomic E-state index is -1.40. The van der Waals surface area contributed by atoms with Gasteiger partial charge < -0.3 is 20.1 Å². The Kier molecular flexibility index (Phi) is 6.93. The second-order valence-electron chi connectivity index (χ2n) is 6.79. The molecule has 1 fully saturated rings. The molecule has 1 saturated heterocycles. The summed E-state index contributed by atoms with van der Waals surface area (Å²) in [5.41, 5.74) is 1.72. The number of alkyl halides is 1. The number of rotatable bonds is 7. The molecule has 2 atom stereocenters. The number of hydrogen-bond acceptors (Lipinski definition) is 6. The van der Waals surface area contributed by atoms with Crippen molar-refractivity contribution in [2.24, 2.45) is 0 Å². The molecule has 2 unspecified atom stereocenters. The van der Waals surface area contributed by atoms with Crippen LogP contribution in [-0.4, -0.2) is 59.3 Å². The number of aliphatic hydroxyl groups is 1. The Bertz CT molecular complexity index is 962. The highest BCUT2D eigenvalue weighted by Gasteiger charge is 2.33. The van der Waals surface area contributed by atoms with Crippen molar-refractivity contribution in [1.82, 2.24) is 9.88 Å². The molecule has 0 aliphatic carbocycles. The Morgan fingerprint density at radius 1 is 1.40 bits per heavy atom. The Balaban J connectivity index is 1.73. The molecule has 2 amide bonds. The fourth-order valence-electron chi connectivity index (χ4n) is 3.31. The Labute approximate surface area is 172 Å². The van der Waals surface area contributed by atoms with Crippen LogP contribution in [0.2, 0.25) is 0 Å². The van der Waals surface area contributed by atoms with E-state index in [9.17, 15) is 19.2 Å². The summed E-state index contributed by atoms with van der Waals surface area (Å²) in [5.74, 6) is 0.356. The van der Waals surface area contributed by atoms with Crippen LogP contribution in [-0.2, 0) is 9.59 Å². The van der Waals surface area contributed by atoms with Gasteiger partial charge in [-0.25, -0.2) is 9.37 Å². The minimum absolute atomic E-state index is 0.0304. The van der Waals surface area contributed by atoms with E-state index in [1.54, 1.807) is 30.3 Å². The van der Waals surface area contributed by atoms with Crippen LogP contribution < -0.4 is 10.1 Å². The summed E-state index contributed by atoms with van der Waals surface area (Å²) in [4.78, 5) is 27.8. The van der Waals surface area contributed by atoms with E-state index in [4.69, 9.17) is 9.84 Å². The molecule has 0 radical (unpaired) electrons. The highest BCUT2D eigenvalue weighted by atomic mass is 19.1. The standard InChI is InChI=1S/C21H21FN4O4/c22-17-12-26(21(29)5-8-27)7-4-19(17)30-18-2-1-14(9-16(18)11-23)15-3-6-24-20(10-15)25-13-28/h1-3,6,9-10,13,17,19,27H,4-5,7-8,12H2,(H,24,25,28). The topological polar surface area (TPSA) is 116 Å². The number of ether oxygens (including phenoxy) is 1. The van der Waals surface area contributed by atoms with Gasteiger partial charge >= 0.3 is 0 Å². The summed E-state index contributed by atoms with van der Waals surface area (Å²) in [6.45, 7) is -0.0469. The number of pyridine rings is 1. The van der Waals surface area contributed by atoms with Crippen LogP contribution in [0.5, 0.6) is 5.75 Å². The largest absolute Gasteiger partial charge is 0.486 e. The van der Waals surface area contributed by atoms with Crippen LogP contribution in [0.15, 0.2) is 36.5 Å². The van der Waals surface area contributed by atoms with Gasteiger partial charge in [-0.2, -0.15) is 5.26 Å². The molecular formula is C21H21FN4O4. The lowest BCUT2D eigenvalue weighted by Crippen LogP contribution is -2.49. The summed E-state index contributed by atoms with van der Waals surface area (Å²) in [6.07, 6.45) is 0.153. The third kappa shape index (κ3) is 4.90. The van der Waals surface area contributed by atoms with Crippen molar-refractivity contribution in [2.45, 2.75) is 25.1 Å². The SMILES string of the molecule is N#Cc1cc(-c2ccnc(NC=O)c2)ccc1OC1CCN(C(=O)CCO)CC1F. The number of amides is 2. The second-order valence-corrected chi connectivity index (χ2v) is 6.79. The number of aliphatic hydroxyl groups excluding tert-OH is 1. The summed E-state index contributed by atoms with van der Waals surface area (Å²) in [7, 11) is 0. The lowest BCUT2D eigenvalue weighted by Gasteiger charge is -2.34. The maximum Gasteiger partial charge on any atom is 0.224 e. The quantitative estimate of drug-likeness (QED) is 0.671. The number of likely N-dealkylation sites (tertiary alicyclic amines) is 1. The van der Waals surface area contributed by atoms with Crippen molar-refractivity contribution in [3.05, 3.63) is 42.1 Å². The third-order valence-corrected chi connectivity index (χ3v) is 4.84. The highest BCUT2D eigenvalue weighted by molar-refractivity contribution is 5.76. The van der Waals surface area contributed by atoms with E-state index in [1.807, 2.05) is 0 Å². The van der Waals surface area contributed by atoms with Gasteiger partial charge in [0.15, 0.2) is 6.17 Å². The molecule has 156 valence electrons. The molecule has 2 aromatic rings. The van der Waals surface area contributed by atoms with Crippen LogP contribution in [0.25, 0.3) is 11.1 Å². The first kappa shape index (κ1) is 21.2. The number of halogens is 1. The maximum absolute atomic E-state index is 14.6. The molecule has 1 aliphatic rings. The molecule has 0 spiro atoms. The number of nitriles is 1. The molecule has 0 bridgehead atoms. The number of anilines is 1. The zero-order chi connectivity index (χ0) is 21.5. The van der Waals surface area contributed by atoms with Crippen molar-refractivity contribution in [1.29, 1.82) is 5.26 Å². The number of nitrogens with one attached hydrogen (secondary N) is 1. The van der Waals surface area contributed by atoms with Crippen LogP contribution in [0.4, 0.5) is 10.2 Å². The monoisotopic (exact) mass is 412 g/mol. The van der Waals surface area contributed by atoms with E-state index >= 15 is 0 Å². The summed E-state index contributed by atoms with van der Waals surface area (Å²) in [5, 5.41) is 20.9. The van der Waals surface area contributed by atoms with Crippen molar-refractivity contribution >= 4 is 18.1 Å². The third-order valence-electron chi connectivity index (χ3n) is 4.84. The fraction of sp³-hybridized carbons (Fsp3) is 0.333. The van der Waals surface area contributed by atoms with Gasteiger partial charge in [0.1, 0.15) is 23.7 Å². The summed E-state index contributed by atoms with van der Waals surface area (Å²) >= 11 is 0. The summed E-state index contributed by atoms with van der Waals surface area (Å²) in [6, 6.07) is 10.5. The average molecular weight is 412 g/mol. The smallest absolute Gasteiger partial charge is 0.224 e. The van der Waals surface area contributed by atoms with E-state index in [0.29, 0.717) is 18.8 Å². The normalized spacial score (nSPS) is 18.4.